The lowest BCUT2D eigenvalue weighted by atomic mass is 9.95. The van der Waals surface area contributed by atoms with E-state index in [1.807, 2.05) is 6.92 Å². The molecule has 7 heteroatoms. The second kappa shape index (κ2) is 5.58. The third-order valence-electron chi connectivity index (χ3n) is 3.14. The quantitative estimate of drug-likeness (QED) is 0.750. The van der Waals surface area contributed by atoms with Crippen LogP contribution in [0.15, 0.2) is 0 Å². The van der Waals surface area contributed by atoms with Crippen molar-refractivity contribution in [2.75, 3.05) is 20.1 Å². The number of piperidine rings is 1. The molecule has 1 fully saturated rings. The molecule has 2 atom stereocenters. The number of carbonyl (C=O) groups is 1. The summed E-state index contributed by atoms with van der Waals surface area (Å²) in [6.07, 6.45) is 0.128. The lowest BCUT2D eigenvalue weighted by molar-refractivity contribution is -0.111. The van der Waals surface area contributed by atoms with Crippen LogP contribution in [0.3, 0.4) is 0 Å². The van der Waals surface area contributed by atoms with Crippen LogP contribution >= 0.6 is 0 Å². The van der Waals surface area contributed by atoms with E-state index in [1.54, 1.807) is 13.1 Å². The highest BCUT2D eigenvalue weighted by Gasteiger charge is 2.35. The highest BCUT2D eigenvalue weighted by Crippen LogP contribution is 2.20. The van der Waals surface area contributed by atoms with Gasteiger partial charge in [-0.2, -0.15) is 9.57 Å². The summed E-state index contributed by atoms with van der Waals surface area (Å²) in [6.45, 7) is 2.68. The number of nitriles is 1. The van der Waals surface area contributed by atoms with Crippen molar-refractivity contribution in [2.24, 2.45) is 5.92 Å². The predicted molar refractivity (Wildman–Crippen MR) is 62.4 cm³/mol. The first-order valence-corrected chi connectivity index (χ1v) is 6.94. The number of likely N-dealkylation sites (N-methyl/N-ethyl adjacent to an activating group) is 1. The van der Waals surface area contributed by atoms with E-state index in [4.69, 9.17) is 5.26 Å². The van der Waals surface area contributed by atoms with E-state index < -0.39 is 21.6 Å². The molecular weight excluding hydrogens is 242 g/mol. The summed E-state index contributed by atoms with van der Waals surface area (Å²) < 4.78 is 24.9. The summed E-state index contributed by atoms with van der Waals surface area (Å²) in [6, 6.07) is 1.63. The fourth-order valence-electron chi connectivity index (χ4n) is 1.93. The smallest absolute Gasteiger partial charge is 0.278 e. The third-order valence-corrected chi connectivity index (χ3v) is 4.87. The highest BCUT2D eigenvalue weighted by molar-refractivity contribution is 8.04. The van der Waals surface area contributed by atoms with Gasteiger partial charge in [-0.25, -0.2) is 8.42 Å². The second-order valence-electron chi connectivity index (χ2n) is 4.23. The Labute approximate surface area is 102 Å². The van der Waals surface area contributed by atoms with Gasteiger partial charge in [0.25, 0.3) is 15.1 Å². The molecule has 0 aliphatic carbocycles. The molecule has 0 saturated carbocycles. The SMILES string of the molecule is CNC1CN(S(=O)(=O)C(=O)CC#N)CCC1C. The van der Waals surface area contributed by atoms with Gasteiger partial charge in [-0.05, 0) is 19.4 Å². The van der Waals surface area contributed by atoms with Crippen LogP contribution in [-0.2, 0) is 14.8 Å². The van der Waals surface area contributed by atoms with Crippen molar-refractivity contribution in [3.05, 3.63) is 0 Å². The number of sulfonamides is 1. The van der Waals surface area contributed by atoms with E-state index in [0.29, 0.717) is 18.9 Å². The zero-order valence-electron chi connectivity index (χ0n) is 10.0. The Kier molecular flexibility index (Phi) is 4.62. The van der Waals surface area contributed by atoms with Crippen LogP contribution in [0.1, 0.15) is 19.8 Å². The van der Waals surface area contributed by atoms with Crippen molar-refractivity contribution < 1.29 is 13.2 Å². The number of rotatable bonds is 3. The van der Waals surface area contributed by atoms with Gasteiger partial charge < -0.3 is 5.32 Å². The third kappa shape index (κ3) is 3.03. The summed E-state index contributed by atoms with van der Waals surface area (Å²) in [4.78, 5) is 11.4. The molecular formula is C10H17N3O3S. The van der Waals surface area contributed by atoms with Crippen LogP contribution in [0, 0.1) is 17.2 Å². The first kappa shape index (κ1) is 14.1. The lowest BCUT2D eigenvalue weighted by Gasteiger charge is -2.35. The van der Waals surface area contributed by atoms with Gasteiger partial charge in [-0.1, -0.05) is 6.92 Å². The van der Waals surface area contributed by atoms with E-state index in [1.165, 1.54) is 4.31 Å². The average Bonchev–Trinajstić information content (AvgIpc) is 2.29. The van der Waals surface area contributed by atoms with E-state index in [0.717, 1.165) is 0 Å². The molecule has 0 bridgehead atoms. The number of nitrogens with one attached hydrogen (secondary N) is 1. The number of nitrogens with zero attached hydrogens (tertiary/aromatic N) is 2. The Bertz CT molecular complexity index is 427. The Morgan fingerprint density at radius 2 is 2.24 bits per heavy atom. The van der Waals surface area contributed by atoms with E-state index in [9.17, 15) is 13.2 Å². The zero-order chi connectivity index (χ0) is 13.1. The fourth-order valence-corrected chi connectivity index (χ4v) is 3.17. The Balaban J connectivity index is 2.81. The van der Waals surface area contributed by atoms with Crippen LogP contribution in [0.4, 0.5) is 0 Å². The standard InChI is InChI=1S/C10H17N3O3S/c1-8-4-6-13(7-9(8)12-2)17(15,16)10(14)3-5-11/h8-9,12H,3-4,6-7H2,1-2H3. The molecule has 17 heavy (non-hydrogen) atoms. The molecule has 1 heterocycles. The van der Waals surface area contributed by atoms with Gasteiger partial charge in [0.05, 0.1) is 6.07 Å². The van der Waals surface area contributed by atoms with Gasteiger partial charge in [-0.15, -0.1) is 0 Å². The first-order valence-electron chi connectivity index (χ1n) is 5.50. The molecule has 0 amide bonds. The van der Waals surface area contributed by atoms with Gasteiger partial charge in [0.15, 0.2) is 0 Å². The van der Waals surface area contributed by atoms with Gasteiger partial charge >= 0.3 is 0 Å². The molecule has 2 unspecified atom stereocenters. The van der Waals surface area contributed by atoms with Crippen LogP contribution < -0.4 is 5.32 Å². The number of carbonyl (C=O) groups excluding carboxylic acids is 1. The zero-order valence-corrected chi connectivity index (χ0v) is 10.8. The van der Waals surface area contributed by atoms with E-state index in [-0.39, 0.29) is 12.6 Å². The Hall–Kier alpha value is -0.970. The van der Waals surface area contributed by atoms with E-state index in [2.05, 4.69) is 5.32 Å². The van der Waals surface area contributed by atoms with Crippen LogP contribution in [-0.4, -0.2) is 44.0 Å². The maximum absolute atomic E-state index is 11.8. The van der Waals surface area contributed by atoms with Gasteiger partial charge in [0, 0.05) is 19.1 Å². The van der Waals surface area contributed by atoms with Crippen molar-refractivity contribution in [1.82, 2.24) is 9.62 Å². The van der Waals surface area contributed by atoms with Crippen molar-refractivity contribution in [3.8, 4) is 6.07 Å². The average molecular weight is 259 g/mol. The molecule has 1 saturated heterocycles. The van der Waals surface area contributed by atoms with Gasteiger partial charge in [0.1, 0.15) is 6.42 Å². The molecule has 1 aliphatic heterocycles. The van der Waals surface area contributed by atoms with Crippen molar-refractivity contribution in [1.29, 1.82) is 5.26 Å². The van der Waals surface area contributed by atoms with Crippen LogP contribution in [0.2, 0.25) is 0 Å². The summed E-state index contributed by atoms with van der Waals surface area (Å²) in [5.41, 5.74) is 0. The molecule has 0 spiro atoms. The first-order chi connectivity index (χ1) is 7.93. The Morgan fingerprint density at radius 1 is 1.59 bits per heavy atom. The maximum Gasteiger partial charge on any atom is 0.278 e. The summed E-state index contributed by atoms with van der Waals surface area (Å²) in [7, 11) is -2.19. The molecule has 0 aromatic rings. The minimum absolute atomic E-state index is 0.0495. The largest absolute Gasteiger partial charge is 0.315 e. The molecule has 1 N–H and O–H groups in total. The second-order valence-corrected chi connectivity index (χ2v) is 6.15. The molecule has 1 rings (SSSR count). The summed E-state index contributed by atoms with van der Waals surface area (Å²) in [5.74, 6) is 0.373. The summed E-state index contributed by atoms with van der Waals surface area (Å²) in [5, 5.41) is 10.4. The van der Waals surface area contributed by atoms with Crippen LogP contribution in [0.5, 0.6) is 0 Å². The monoisotopic (exact) mass is 259 g/mol. The number of hydrogen-bond acceptors (Lipinski definition) is 5. The molecule has 0 radical (unpaired) electrons. The van der Waals surface area contributed by atoms with Crippen molar-refractivity contribution in [3.63, 3.8) is 0 Å². The summed E-state index contributed by atoms with van der Waals surface area (Å²) >= 11 is 0. The lowest BCUT2D eigenvalue weighted by Crippen LogP contribution is -2.52. The molecule has 0 aromatic carbocycles. The maximum atomic E-state index is 11.8. The minimum atomic E-state index is -3.96. The topological polar surface area (TPSA) is 90.3 Å². The fraction of sp³-hybridized carbons (Fsp3) is 0.800. The highest BCUT2D eigenvalue weighted by atomic mass is 32.2. The predicted octanol–water partition coefficient (Wildman–Crippen LogP) is -0.314. The molecule has 0 aromatic heterocycles. The molecule has 96 valence electrons. The minimum Gasteiger partial charge on any atom is -0.315 e. The van der Waals surface area contributed by atoms with Crippen molar-refractivity contribution in [2.45, 2.75) is 25.8 Å². The van der Waals surface area contributed by atoms with Crippen LogP contribution in [0.25, 0.3) is 0 Å². The molecule has 6 nitrogen and oxygen atoms in total. The van der Waals surface area contributed by atoms with E-state index >= 15 is 0 Å². The van der Waals surface area contributed by atoms with Crippen molar-refractivity contribution >= 4 is 15.1 Å². The Morgan fingerprint density at radius 3 is 2.76 bits per heavy atom. The number of hydrogen-bond donors (Lipinski definition) is 1. The van der Waals surface area contributed by atoms with Gasteiger partial charge in [-0.3, -0.25) is 4.79 Å². The van der Waals surface area contributed by atoms with Gasteiger partial charge in [0.2, 0.25) is 0 Å². The molecule has 1 aliphatic rings. The normalized spacial score (nSPS) is 26.4.